The third-order valence-corrected chi connectivity index (χ3v) is 3.55. The van der Waals surface area contributed by atoms with Gasteiger partial charge in [-0.1, -0.05) is 17.7 Å². The van der Waals surface area contributed by atoms with Gasteiger partial charge >= 0.3 is 0 Å². The number of benzene rings is 1. The van der Waals surface area contributed by atoms with Crippen LogP contribution in [-0.4, -0.2) is 19.1 Å². The molecule has 0 amide bonds. The summed E-state index contributed by atoms with van der Waals surface area (Å²) in [6.07, 6.45) is 3.81. The van der Waals surface area contributed by atoms with Crippen LogP contribution in [0.2, 0.25) is 5.02 Å². The van der Waals surface area contributed by atoms with Crippen LogP contribution in [-0.2, 0) is 6.42 Å². The van der Waals surface area contributed by atoms with E-state index in [-0.39, 0.29) is 11.9 Å². The van der Waals surface area contributed by atoms with Gasteiger partial charge in [-0.15, -0.1) is 0 Å². The number of hydrogen-bond acceptors (Lipinski definition) is 3. The largest absolute Gasteiger partial charge is 0.496 e. The molecule has 1 heterocycles. The van der Waals surface area contributed by atoms with Crippen LogP contribution in [0.25, 0.3) is 0 Å². The van der Waals surface area contributed by atoms with Gasteiger partial charge in [0.2, 0.25) is 0 Å². The van der Waals surface area contributed by atoms with E-state index < -0.39 is 0 Å². The van der Waals surface area contributed by atoms with Gasteiger partial charge in [0.05, 0.1) is 12.1 Å². The Hall–Kier alpha value is -1.65. The molecule has 0 saturated heterocycles. The Morgan fingerprint density at radius 1 is 1.40 bits per heavy atom. The standard InChI is InChI=1S/C15H16ClFN2O/c1-18-13(8-10-6-7-19-9-11(10)16)15-12(17)4-3-5-14(15)20-2/h3-7,9,13,18H,8H2,1-2H3. The maximum absolute atomic E-state index is 14.1. The van der Waals surface area contributed by atoms with Crippen molar-refractivity contribution in [2.45, 2.75) is 12.5 Å². The molecule has 5 heteroatoms. The zero-order valence-electron chi connectivity index (χ0n) is 11.4. The highest BCUT2D eigenvalue weighted by molar-refractivity contribution is 6.31. The van der Waals surface area contributed by atoms with Gasteiger partial charge in [0.25, 0.3) is 0 Å². The first kappa shape index (κ1) is 14.8. The molecule has 0 aliphatic carbocycles. The highest BCUT2D eigenvalue weighted by atomic mass is 35.5. The van der Waals surface area contributed by atoms with Crippen molar-refractivity contribution in [3.05, 3.63) is 58.6 Å². The lowest BCUT2D eigenvalue weighted by Gasteiger charge is -2.20. The molecule has 1 aromatic heterocycles. The number of halogens is 2. The second-order valence-corrected chi connectivity index (χ2v) is 4.78. The van der Waals surface area contributed by atoms with Gasteiger partial charge in [-0.25, -0.2) is 4.39 Å². The predicted octanol–water partition coefficient (Wildman–Crippen LogP) is 3.39. The molecule has 0 bridgehead atoms. The van der Waals surface area contributed by atoms with Crippen molar-refractivity contribution in [2.24, 2.45) is 0 Å². The molecular formula is C15H16ClFN2O. The fourth-order valence-corrected chi connectivity index (χ4v) is 2.37. The first-order chi connectivity index (χ1) is 9.67. The molecular weight excluding hydrogens is 279 g/mol. The average Bonchev–Trinajstić information content (AvgIpc) is 2.47. The fourth-order valence-electron chi connectivity index (χ4n) is 2.17. The molecule has 20 heavy (non-hydrogen) atoms. The van der Waals surface area contributed by atoms with Gasteiger partial charge in [-0.3, -0.25) is 4.98 Å². The summed E-state index contributed by atoms with van der Waals surface area (Å²) in [5.41, 5.74) is 1.41. The quantitative estimate of drug-likeness (QED) is 0.918. The molecule has 106 valence electrons. The number of rotatable bonds is 5. The molecule has 0 spiro atoms. The Morgan fingerprint density at radius 3 is 2.85 bits per heavy atom. The normalized spacial score (nSPS) is 12.2. The van der Waals surface area contributed by atoms with Gasteiger partial charge < -0.3 is 10.1 Å². The van der Waals surface area contributed by atoms with Crippen LogP contribution < -0.4 is 10.1 Å². The second-order valence-electron chi connectivity index (χ2n) is 4.37. The van der Waals surface area contributed by atoms with Crippen LogP contribution in [0.1, 0.15) is 17.2 Å². The minimum atomic E-state index is -0.297. The summed E-state index contributed by atoms with van der Waals surface area (Å²) in [6, 6.07) is 6.41. The number of aromatic nitrogens is 1. The second kappa shape index (κ2) is 6.68. The Kier molecular flexibility index (Phi) is 4.93. The summed E-state index contributed by atoms with van der Waals surface area (Å²) < 4.78 is 19.4. The average molecular weight is 295 g/mol. The Labute approximate surface area is 122 Å². The van der Waals surface area contributed by atoms with Crippen LogP contribution >= 0.6 is 11.6 Å². The van der Waals surface area contributed by atoms with Crippen LogP contribution in [0.3, 0.4) is 0 Å². The first-order valence-electron chi connectivity index (χ1n) is 6.25. The van der Waals surface area contributed by atoms with Crippen molar-refractivity contribution in [2.75, 3.05) is 14.2 Å². The third-order valence-electron chi connectivity index (χ3n) is 3.21. The molecule has 0 aliphatic heterocycles. The van der Waals surface area contributed by atoms with E-state index in [0.29, 0.717) is 22.8 Å². The highest BCUT2D eigenvalue weighted by Crippen LogP contribution is 2.31. The molecule has 1 atom stereocenters. The number of ether oxygens (including phenoxy) is 1. The van der Waals surface area contributed by atoms with E-state index in [9.17, 15) is 4.39 Å². The Bertz CT molecular complexity index is 592. The topological polar surface area (TPSA) is 34.2 Å². The smallest absolute Gasteiger partial charge is 0.131 e. The van der Waals surface area contributed by atoms with E-state index in [1.54, 1.807) is 31.6 Å². The van der Waals surface area contributed by atoms with Crippen LogP contribution in [0, 0.1) is 5.82 Å². The zero-order valence-corrected chi connectivity index (χ0v) is 12.1. The molecule has 0 aliphatic rings. The number of likely N-dealkylation sites (N-methyl/N-ethyl adjacent to an activating group) is 1. The number of nitrogens with zero attached hydrogens (tertiary/aromatic N) is 1. The number of hydrogen-bond donors (Lipinski definition) is 1. The van der Waals surface area contributed by atoms with Crippen molar-refractivity contribution < 1.29 is 9.13 Å². The molecule has 1 N–H and O–H groups in total. The molecule has 2 aromatic rings. The maximum Gasteiger partial charge on any atom is 0.131 e. The van der Waals surface area contributed by atoms with E-state index in [2.05, 4.69) is 10.3 Å². The molecule has 1 aromatic carbocycles. The van der Waals surface area contributed by atoms with Crippen molar-refractivity contribution in [1.29, 1.82) is 0 Å². The lowest BCUT2D eigenvalue weighted by molar-refractivity contribution is 0.393. The molecule has 0 radical (unpaired) electrons. The summed E-state index contributed by atoms with van der Waals surface area (Å²) in [4.78, 5) is 3.95. The fraction of sp³-hybridized carbons (Fsp3) is 0.267. The molecule has 0 saturated carbocycles. The minimum absolute atomic E-state index is 0.231. The van der Waals surface area contributed by atoms with Crippen LogP contribution in [0.15, 0.2) is 36.7 Å². The van der Waals surface area contributed by atoms with Crippen molar-refractivity contribution in [3.63, 3.8) is 0 Å². The monoisotopic (exact) mass is 294 g/mol. The minimum Gasteiger partial charge on any atom is -0.496 e. The summed E-state index contributed by atoms with van der Waals surface area (Å²) in [5, 5.41) is 3.68. The third kappa shape index (κ3) is 3.08. The summed E-state index contributed by atoms with van der Waals surface area (Å²) in [6.45, 7) is 0. The zero-order chi connectivity index (χ0) is 14.5. The van der Waals surface area contributed by atoms with Gasteiger partial charge in [-0.2, -0.15) is 0 Å². The van der Waals surface area contributed by atoms with Crippen molar-refractivity contribution >= 4 is 11.6 Å². The summed E-state index contributed by atoms with van der Waals surface area (Å²) >= 11 is 6.11. The number of methoxy groups -OCH3 is 1. The van der Waals surface area contributed by atoms with Gasteiger partial charge in [0, 0.05) is 24.0 Å². The van der Waals surface area contributed by atoms with Crippen LogP contribution in [0.4, 0.5) is 4.39 Å². The SMILES string of the molecule is CNC(Cc1ccncc1Cl)c1c(F)cccc1OC. The summed E-state index contributed by atoms with van der Waals surface area (Å²) in [7, 11) is 3.32. The highest BCUT2D eigenvalue weighted by Gasteiger charge is 2.20. The van der Waals surface area contributed by atoms with E-state index in [0.717, 1.165) is 5.56 Å². The first-order valence-corrected chi connectivity index (χ1v) is 6.63. The van der Waals surface area contributed by atoms with Crippen molar-refractivity contribution in [3.8, 4) is 5.75 Å². The maximum atomic E-state index is 14.1. The van der Waals surface area contributed by atoms with Gasteiger partial charge in [-0.05, 0) is 37.2 Å². The van der Waals surface area contributed by atoms with Gasteiger partial charge in [0.15, 0.2) is 0 Å². The number of pyridine rings is 1. The Balaban J connectivity index is 2.36. The van der Waals surface area contributed by atoms with E-state index in [1.165, 1.54) is 13.2 Å². The predicted molar refractivity (Wildman–Crippen MR) is 77.7 cm³/mol. The lowest BCUT2D eigenvalue weighted by Crippen LogP contribution is -2.21. The van der Waals surface area contributed by atoms with Gasteiger partial charge in [0.1, 0.15) is 11.6 Å². The molecule has 1 unspecified atom stereocenters. The molecule has 0 fully saturated rings. The lowest BCUT2D eigenvalue weighted by atomic mass is 9.98. The Morgan fingerprint density at radius 2 is 2.20 bits per heavy atom. The summed E-state index contributed by atoms with van der Waals surface area (Å²) in [5.74, 6) is 0.225. The number of nitrogens with one attached hydrogen (secondary N) is 1. The van der Waals surface area contributed by atoms with Crippen molar-refractivity contribution in [1.82, 2.24) is 10.3 Å². The van der Waals surface area contributed by atoms with E-state index >= 15 is 0 Å². The van der Waals surface area contributed by atoms with E-state index in [1.807, 2.05) is 6.07 Å². The molecule has 2 rings (SSSR count). The van der Waals surface area contributed by atoms with Crippen LogP contribution in [0.5, 0.6) is 5.75 Å². The molecule has 3 nitrogen and oxygen atoms in total. The van der Waals surface area contributed by atoms with E-state index in [4.69, 9.17) is 16.3 Å².